The number of ether oxygens (including phenoxy) is 3. The molecule has 2 aromatic carbocycles. The van der Waals surface area contributed by atoms with Gasteiger partial charge in [0.1, 0.15) is 5.56 Å². The van der Waals surface area contributed by atoms with Crippen LogP contribution in [0.3, 0.4) is 0 Å². The molecule has 0 spiro atoms. The Balaban J connectivity index is 1.61. The van der Waals surface area contributed by atoms with Gasteiger partial charge in [-0.3, -0.25) is 4.79 Å². The van der Waals surface area contributed by atoms with Crippen LogP contribution in [0, 0.1) is 0 Å². The van der Waals surface area contributed by atoms with Crippen molar-refractivity contribution in [2.24, 2.45) is 0 Å². The Hall–Kier alpha value is -4.87. The molecule has 41 heavy (non-hydrogen) atoms. The molecule has 0 unspecified atom stereocenters. The van der Waals surface area contributed by atoms with Gasteiger partial charge in [-0.15, -0.1) is 0 Å². The molecule has 0 radical (unpaired) electrons. The maximum atomic E-state index is 14.0. The smallest absolute Gasteiger partial charge is 0.433 e. The number of fused-ring (bicyclic) bond motifs is 1. The second-order valence-electron chi connectivity index (χ2n) is 8.82. The molecule has 0 fully saturated rings. The van der Waals surface area contributed by atoms with E-state index in [1.807, 2.05) is 6.92 Å². The Morgan fingerprint density at radius 1 is 1.02 bits per heavy atom. The summed E-state index contributed by atoms with van der Waals surface area (Å²) in [5.41, 5.74) is -0.187. The van der Waals surface area contributed by atoms with Crippen molar-refractivity contribution in [1.82, 2.24) is 14.6 Å². The summed E-state index contributed by atoms with van der Waals surface area (Å²) in [6, 6.07) is 11.9. The minimum absolute atomic E-state index is 0.0373. The van der Waals surface area contributed by atoms with E-state index in [0.717, 1.165) is 25.1 Å². The van der Waals surface area contributed by atoms with Gasteiger partial charge >= 0.3 is 12.1 Å². The van der Waals surface area contributed by atoms with Gasteiger partial charge in [-0.2, -0.15) is 18.3 Å². The van der Waals surface area contributed by atoms with Gasteiger partial charge in [-0.25, -0.2) is 14.3 Å². The van der Waals surface area contributed by atoms with Gasteiger partial charge in [0.25, 0.3) is 5.91 Å². The molecule has 1 amide bonds. The average molecular weight is 569 g/mol. The largest absolute Gasteiger partial charge is 0.493 e. The quantitative estimate of drug-likeness (QED) is 0.141. The topological polar surface area (TPSA) is 104 Å². The fraction of sp³-hybridized carbons (Fsp3) is 0.241. The molecule has 0 aliphatic rings. The highest BCUT2D eigenvalue weighted by molar-refractivity contribution is 6.08. The number of benzene rings is 2. The molecule has 1 N–H and O–H groups in total. The molecular formula is C29H27F3N4O5. The molecule has 0 atom stereocenters. The number of unbranched alkanes of at least 4 members (excludes halogenated alkanes) is 1. The van der Waals surface area contributed by atoms with Gasteiger partial charge in [0, 0.05) is 17.3 Å². The molecule has 0 bridgehead atoms. The second-order valence-corrected chi connectivity index (χ2v) is 8.82. The number of hydrogen-bond acceptors (Lipinski definition) is 7. The molecule has 4 aromatic rings. The predicted molar refractivity (Wildman–Crippen MR) is 146 cm³/mol. The Bertz CT molecular complexity index is 1580. The van der Waals surface area contributed by atoms with Crippen LogP contribution in [0.1, 0.15) is 41.4 Å². The summed E-state index contributed by atoms with van der Waals surface area (Å²) in [7, 11) is 2.85. The van der Waals surface area contributed by atoms with Crippen molar-refractivity contribution >= 4 is 29.3 Å². The molecule has 2 aromatic heterocycles. The first-order valence-electron chi connectivity index (χ1n) is 12.6. The number of anilines is 1. The van der Waals surface area contributed by atoms with E-state index in [9.17, 15) is 22.8 Å². The lowest BCUT2D eigenvalue weighted by molar-refractivity contribution is -0.142. The van der Waals surface area contributed by atoms with E-state index < -0.39 is 23.7 Å². The third kappa shape index (κ3) is 6.83. The number of alkyl halides is 3. The lowest BCUT2D eigenvalue weighted by Gasteiger charge is -2.13. The Morgan fingerprint density at radius 3 is 2.41 bits per heavy atom. The van der Waals surface area contributed by atoms with Crippen LogP contribution < -0.4 is 14.8 Å². The van der Waals surface area contributed by atoms with Crippen molar-refractivity contribution in [2.75, 3.05) is 26.1 Å². The minimum Gasteiger partial charge on any atom is -0.493 e. The van der Waals surface area contributed by atoms with E-state index >= 15 is 0 Å². The summed E-state index contributed by atoms with van der Waals surface area (Å²) in [6.07, 6.45) is 0.833. The van der Waals surface area contributed by atoms with Crippen LogP contribution in [0.5, 0.6) is 11.5 Å². The number of rotatable bonds is 10. The molecule has 0 saturated heterocycles. The van der Waals surface area contributed by atoms with E-state index in [0.29, 0.717) is 39.4 Å². The third-order valence-corrected chi connectivity index (χ3v) is 6.01. The van der Waals surface area contributed by atoms with E-state index in [1.165, 1.54) is 32.4 Å². The van der Waals surface area contributed by atoms with Crippen LogP contribution in [-0.2, 0) is 15.7 Å². The number of hydrogen-bond donors (Lipinski definition) is 1. The number of nitrogens with one attached hydrogen (secondary N) is 1. The summed E-state index contributed by atoms with van der Waals surface area (Å²) >= 11 is 0. The van der Waals surface area contributed by atoms with E-state index in [-0.39, 0.29) is 16.9 Å². The van der Waals surface area contributed by atoms with Crippen molar-refractivity contribution < 1.29 is 37.0 Å². The maximum absolute atomic E-state index is 14.0. The van der Waals surface area contributed by atoms with Crippen molar-refractivity contribution in [1.29, 1.82) is 0 Å². The zero-order valence-corrected chi connectivity index (χ0v) is 22.5. The fourth-order valence-electron chi connectivity index (χ4n) is 3.87. The van der Waals surface area contributed by atoms with Gasteiger partial charge < -0.3 is 19.5 Å². The van der Waals surface area contributed by atoms with Crippen LogP contribution in [0.2, 0.25) is 0 Å². The lowest BCUT2D eigenvalue weighted by atomic mass is 10.1. The van der Waals surface area contributed by atoms with Gasteiger partial charge in [0.15, 0.2) is 22.8 Å². The number of methoxy groups -OCH3 is 2. The first-order chi connectivity index (χ1) is 19.6. The first kappa shape index (κ1) is 29.1. The molecule has 2 heterocycles. The lowest BCUT2D eigenvalue weighted by Crippen LogP contribution is -2.15. The van der Waals surface area contributed by atoms with Gasteiger partial charge in [0.2, 0.25) is 0 Å². The number of aromatic nitrogens is 3. The highest BCUT2D eigenvalue weighted by atomic mass is 19.4. The normalized spacial score (nSPS) is 11.6. The van der Waals surface area contributed by atoms with Crippen molar-refractivity contribution in [3.8, 4) is 22.8 Å². The van der Waals surface area contributed by atoms with Gasteiger partial charge in [0.05, 0.1) is 32.7 Å². The maximum Gasteiger partial charge on any atom is 0.433 e. The molecule has 214 valence electrons. The summed E-state index contributed by atoms with van der Waals surface area (Å²) in [4.78, 5) is 29.2. The van der Waals surface area contributed by atoms with E-state index in [4.69, 9.17) is 14.2 Å². The first-order valence-corrected chi connectivity index (χ1v) is 12.6. The number of nitrogens with zero attached hydrogens (tertiary/aromatic N) is 3. The van der Waals surface area contributed by atoms with Crippen LogP contribution in [0.25, 0.3) is 23.0 Å². The molecular weight excluding hydrogens is 541 g/mol. The molecule has 0 aliphatic heterocycles. The summed E-state index contributed by atoms with van der Waals surface area (Å²) in [5, 5.41) is 6.45. The minimum atomic E-state index is -4.78. The Labute approximate surface area is 233 Å². The average Bonchev–Trinajstić information content (AvgIpc) is 3.39. The Kier molecular flexibility index (Phi) is 8.91. The van der Waals surface area contributed by atoms with Gasteiger partial charge in [-0.05, 0) is 54.5 Å². The van der Waals surface area contributed by atoms with Crippen LogP contribution >= 0.6 is 0 Å². The molecule has 0 saturated carbocycles. The zero-order valence-electron chi connectivity index (χ0n) is 22.5. The fourth-order valence-corrected chi connectivity index (χ4v) is 3.87. The molecule has 4 rings (SSSR count). The highest BCUT2D eigenvalue weighted by Gasteiger charge is 2.36. The van der Waals surface area contributed by atoms with Crippen LogP contribution in [0.4, 0.5) is 18.9 Å². The standard InChI is InChI=1S/C29H27F3N4O5/c1-4-5-14-41-26(37)13-8-18-6-10-20(11-7-18)34-28(38)21-17-33-36-25(29(30,31)32)16-22(35-27(21)36)19-9-12-23(39-2)24(15-19)40-3/h6-13,15-17H,4-5,14H2,1-3H3,(H,34,38). The molecule has 0 aliphatic carbocycles. The highest BCUT2D eigenvalue weighted by Crippen LogP contribution is 2.36. The third-order valence-electron chi connectivity index (χ3n) is 6.01. The van der Waals surface area contributed by atoms with Gasteiger partial charge in [-0.1, -0.05) is 25.5 Å². The monoisotopic (exact) mass is 568 g/mol. The van der Waals surface area contributed by atoms with Crippen LogP contribution in [0.15, 0.2) is 60.8 Å². The summed E-state index contributed by atoms with van der Waals surface area (Å²) in [6.45, 7) is 2.34. The summed E-state index contributed by atoms with van der Waals surface area (Å²) < 4.78 is 58.1. The zero-order chi connectivity index (χ0) is 29.6. The number of halogens is 3. The van der Waals surface area contributed by atoms with Crippen molar-refractivity contribution in [2.45, 2.75) is 25.9 Å². The molecule has 12 heteroatoms. The van der Waals surface area contributed by atoms with E-state index in [2.05, 4.69) is 15.4 Å². The van der Waals surface area contributed by atoms with Crippen LogP contribution in [-0.4, -0.2) is 47.3 Å². The predicted octanol–water partition coefficient (Wildman–Crippen LogP) is 6.04. The molecule has 9 nitrogen and oxygen atoms in total. The summed E-state index contributed by atoms with van der Waals surface area (Å²) in [5.74, 6) is -0.459. The van der Waals surface area contributed by atoms with Crippen molar-refractivity contribution in [3.63, 3.8) is 0 Å². The number of carbonyl (C=O) groups excluding carboxylic acids is 2. The second kappa shape index (κ2) is 12.5. The number of carbonyl (C=O) groups is 2. The Morgan fingerprint density at radius 2 is 1.76 bits per heavy atom. The number of amides is 1. The SMILES string of the molecule is CCCCOC(=O)C=Cc1ccc(NC(=O)c2cnn3c(C(F)(F)F)cc(-c4ccc(OC)c(OC)c4)nc23)cc1. The van der Waals surface area contributed by atoms with E-state index in [1.54, 1.807) is 36.4 Å². The van der Waals surface area contributed by atoms with Crippen molar-refractivity contribution in [3.05, 3.63) is 77.6 Å². The number of esters is 1.